The van der Waals surface area contributed by atoms with Crippen LogP contribution < -0.4 is 9.47 Å². The van der Waals surface area contributed by atoms with E-state index in [0.29, 0.717) is 37.6 Å². The second-order valence-corrected chi connectivity index (χ2v) is 7.14. The average Bonchev–Trinajstić information content (AvgIpc) is 3.18. The molecule has 0 aromatic heterocycles. The van der Waals surface area contributed by atoms with Gasteiger partial charge < -0.3 is 24.2 Å². The van der Waals surface area contributed by atoms with E-state index in [2.05, 4.69) is 0 Å². The summed E-state index contributed by atoms with van der Waals surface area (Å²) in [6.07, 6.45) is 2.15. The molecule has 1 aromatic carbocycles. The molecule has 1 aromatic rings. The van der Waals surface area contributed by atoms with E-state index >= 15 is 0 Å². The van der Waals surface area contributed by atoms with Gasteiger partial charge in [0.05, 0.1) is 32.7 Å². The maximum Gasteiger partial charge on any atom is 0.309 e. The lowest BCUT2D eigenvalue weighted by molar-refractivity contribution is -0.145. The molecule has 1 N–H and O–H groups in total. The number of nitrogens with zero attached hydrogens (tertiary/aromatic N) is 1. The Morgan fingerprint density at radius 1 is 1.19 bits per heavy atom. The molecule has 2 fully saturated rings. The fraction of sp³-hybridized carbons (Fsp3) is 0.600. The van der Waals surface area contributed by atoms with E-state index in [0.717, 1.165) is 18.4 Å². The number of benzene rings is 1. The van der Waals surface area contributed by atoms with Crippen LogP contribution in [-0.2, 0) is 20.7 Å². The summed E-state index contributed by atoms with van der Waals surface area (Å²) >= 11 is 0. The molecule has 7 nitrogen and oxygen atoms in total. The molecule has 0 radical (unpaired) electrons. The smallest absolute Gasteiger partial charge is 0.309 e. The molecule has 3 rings (SSSR count). The maximum atomic E-state index is 12.7. The minimum Gasteiger partial charge on any atom is -0.497 e. The summed E-state index contributed by atoms with van der Waals surface area (Å²) in [6.45, 7) is 1.76. The number of methoxy groups -OCH3 is 2. The third-order valence-corrected chi connectivity index (χ3v) is 5.64. The Labute approximate surface area is 159 Å². The van der Waals surface area contributed by atoms with Crippen molar-refractivity contribution in [2.75, 3.05) is 33.9 Å². The number of carbonyl (C=O) groups excluding carboxylic acids is 1. The number of amides is 1. The van der Waals surface area contributed by atoms with Crippen molar-refractivity contribution in [2.45, 2.75) is 31.8 Å². The molecule has 0 bridgehead atoms. The van der Waals surface area contributed by atoms with E-state index < -0.39 is 11.9 Å². The number of carboxylic acid groups (broad SMARTS) is 1. The first kappa shape index (κ1) is 19.5. The van der Waals surface area contributed by atoms with E-state index in [1.165, 1.54) is 0 Å². The van der Waals surface area contributed by atoms with Gasteiger partial charge in [0.2, 0.25) is 5.91 Å². The maximum absolute atomic E-state index is 12.7. The molecular weight excluding hydrogens is 350 g/mol. The summed E-state index contributed by atoms with van der Waals surface area (Å²) in [5.41, 5.74) is 0.800. The van der Waals surface area contributed by atoms with Crippen LogP contribution in [0.1, 0.15) is 24.8 Å². The van der Waals surface area contributed by atoms with Gasteiger partial charge in [-0.25, -0.2) is 0 Å². The molecule has 0 saturated carbocycles. The molecule has 148 valence electrons. The minimum atomic E-state index is -0.777. The Kier molecular flexibility index (Phi) is 6.21. The summed E-state index contributed by atoms with van der Waals surface area (Å²) in [5.74, 6) is 0.406. The van der Waals surface area contributed by atoms with Gasteiger partial charge in [0.1, 0.15) is 11.5 Å². The molecule has 2 aliphatic heterocycles. The van der Waals surface area contributed by atoms with Crippen LogP contribution in [0.5, 0.6) is 11.5 Å². The fourth-order valence-electron chi connectivity index (χ4n) is 4.11. The largest absolute Gasteiger partial charge is 0.497 e. The Bertz CT molecular complexity index is 683. The number of aliphatic carboxylic acids is 1. The SMILES string of the molecule is COc1ccc(OC)c(CC(=O)N2CCC([C@@H]3OCCC3C(=O)O)CC2)c1. The van der Waals surface area contributed by atoms with Crippen LogP contribution in [0.3, 0.4) is 0 Å². The first-order chi connectivity index (χ1) is 13.0. The van der Waals surface area contributed by atoms with Gasteiger partial charge in [0.15, 0.2) is 0 Å². The average molecular weight is 377 g/mol. The lowest BCUT2D eigenvalue weighted by Crippen LogP contribution is -2.43. The lowest BCUT2D eigenvalue weighted by atomic mass is 9.84. The first-order valence-electron chi connectivity index (χ1n) is 9.36. The lowest BCUT2D eigenvalue weighted by Gasteiger charge is -2.35. The predicted molar refractivity (Wildman–Crippen MR) is 98.0 cm³/mol. The molecular formula is C20H27NO6. The topological polar surface area (TPSA) is 85.3 Å². The monoisotopic (exact) mass is 377 g/mol. The molecule has 7 heteroatoms. The highest BCUT2D eigenvalue weighted by Crippen LogP contribution is 2.33. The normalized spacial score (nSPS) is 23.3. The number of ether oxygens (including phenoxy) is 3. The highest BCUT2D eigenvalue weighted by atomic mass is 16.5. The standard InChI is InChI=1S/C20H27NO6/c1-25-15-3-4-17(26-2)14(11-15)12-18(22)21-8-5-13(6-9-21)19-16(20(23)24)7-10-27-19/h3-4,11,13,16,19H,5-10,12H2,1-2H3,(H,23,24)/t16?,19-/m0/s1. The molecule has 0 aliphatic carbocycles. The van der Waals surface area contributed by atoms with E-state index in [-0.39, 0.29) is 24.3 Å². The quantitative estimate of drug-likeness (QED) is 0.816. The van der Waals surface area contributed by atoms with Gasteiger partial charge in [-0.1, -0.05) is 0 Å². The van der Waals surface area contributed by atoms with Crippen LogP contribution in [0, 0.1) is 11.8 Å². The Morgan fingerprint density at radius 2 is 1.93 bits per heavy atom. The summed E-state index contributed by atoms with van der Waals surface area (Å²) in [6, 6.07) is 5.43. The zero-order chi connectivity index (χ0) is 19.4. The van der Waals surface area contributed by atoms with Crippen molar-refractivity contribution in [3.8, 4) is 11.5 Å². The highest BCUT2D eigenvalue weighted by Gasteiger charge is 2.40. The summed E-state index contributed by atoms with van der Waals surface area (Å²) in [7, 11) is 3.18. The van der Waals surface area contributed by atoms with E-state index in [1.54, 1.807) is 26.4 Å². The van der Waals surface area contributed by atoms with Gasteiger partial charge in [-0.15, -0.1) is 0 Å². The van der Waals surface area contributed by atoms with Crippen molar-refractivity contribution in [1.82, 2.24) is 4.90 Å². The van der Waals surface area contributed by atoms with Crippen LogP contribution >= 0.6 is 0 Å². The van der Waals surface area contributed by atoms with Gasteiger partial charge in [0, 0.05) is 25.3 Å². The van der Waals surface area contributed by atoms with Gasteiger partial charge in [-0.05, 0) is 43.4 Å². The fourth-order valence-corrected chi connectivity index (χ4v) is 4.11. The number of likely N-dealkylation sites (tertiary alicyclic amines) is 1. The highest BCUT2D eigenvalue weighted by molar-refractivity contribution is 5.79. The molecule has 2 aliphatic rings. The summed E-state index contributed by atoms with van der Waals surface area (Å²) in [5, 5.41) is 9.34. The summed E-state index contributed by atoms with van der Waals surface area (Å²) < 4.78 is 16.3. The van der Waals surface area contributed by atoms with Crippen LogP contribution in [0.15, 0.2) is 18.2 Å². The van der Waals surface area contributed by atoms with Crippen LogP contribution in [0.4, 0.5) is 0 Å². The predicted octanol–water partition coefficient (Wildman–Crippen LogP) is 1.97. The zero-order valence-electron chi connectivity index (χ0n) is 15.8. The van der Waals surface area contributed by atoms with Crippen molar-refractivity contribution in [1.29, 1.82) is 0 Å². The molecule has 2 saturated heterocycles. The molecule has 2 heterocycles. The minimum absolute atomic E-state index is 0.0436. The molecule has 0 spiro atoms. The van der Waals surface area contributed by atoms with Crippen LogP contribution in [0.25, 0.3) is 0 Å². The second kappa shape index (κ2) is 8.61. The van der Waals surface area contributed by atoms with Crippen molar-refractivity contribution in [3.05, 3.63) is 23.8 Å². The molecule has 1 amide bonds. The van der Waals surface area contributed by atoms with Crippen molar-refractivity contribution >= 4 is 11.9 Å². The van der Waals surface area contributed by atoms with Crippen LogP contribution in [-0.4, -0.2) is 61.9 Å². The molecule has 1 unspecified atom stereocenters. The van der Waals surface area contributed by atoms with E-state index in [9.17, 15) is 14.7 Å². The first-order valence-corrected chi connectivity index (χ1v) is 9.36. The number of hydrogen-bond donors (Lipinski definition) is 1. The van der Waals surface area contributed by atoms with Gasteiger partial charge >= 0.3 is 5.97 Å². The van der Waals surface area contributed by atoms with E-state index in [4.69, 9.17) is 14.2 Å². The van der Waals surface area contributed by atoms with Crippen molar-refractivity contribution < 1.29 is 28.9 Å². The number of piperidine rings is 1. The Hall–Kier alpha value is -2.28. The zero-order valence-corrected chi connectivity index (χ0v) is 15.8. The summed E-state index contributed by atoms with van der Waals surface area (Å²) in [4.78, 5) is 26.0. The number of hydrogen-bond acceptors (Lipinski definition) is 5. The number of carbonyl (C=O) groups is 2. The third-order valence-electron chi connectivity index (χ3n) is 5.64. The number of rotatable bonds is 6. The Morgan fingerprint density at radius 3 is 2.56 bits per heavy atom. The van der Waals surface area contributed by atoms with Gasteiger partial charge in [-0.2, -0.15) is 0 Å². The van der Waals surface area contributed by atoms with Gasteiger partial charge in [0.25, 0.3) is 0 Å². The Balaban J connectivity index is 1.58. The van der Waals surface area contributed by atoms with Crippen molar-refractivity contribution in [3.63, 3.8) is 0 Å². The van der Waals surface area contributed by atoms with Gasteiger partial charge in [-0.3, -0.25) is 9.59 Å². The van der Waals surface area contributed by atoms with E-state index in [1.807, 2.05) is 11.0 Å². The van der Waals surface area contributed by atoms with Crippen molar-refractivity contribution in [2.24, 2.45) is 11.8 Å². The molecule has 2 atom stereocenters. The second-order valence-electron chi connectivity index (χ2n) is 7.14. The van der Waals surface area contributed by atoms with Crippen LogP contribution in [0.2, 0.25) is 0 Å². The third kappa shape index (κ3) is 4.35. The number of carboxylic acids is 1. The molecule has 27 heavy (non-hydrogen) atoms.